The van der Waals surface area contributed by atoms with Crippen LogP contribution >= 0.6 is 11.6 Å². The van der Waals surface area contributed by atoms with E-state index >= 15 is 0 Å². The van der Waals surface area contributed by atoms with E-state index in [2.05, 4.69) is 25.2 Å². The predicted octanol–water partition coefficient (Wildman–Crippen LogP) is 3.90. The molecule has 1 aromatic rings. The maximum atomic E-state index is 5.95. The fourth-order valence-corrected chi connectivity index (χ4v) is 2.22. The Morgan fingerprint density at radius 2 is 2.07 bits per heavy atom. The van der Waals surface area contributed by atoms with E-state index in [0.717, 1.165) is 5.02 Å². The Kier molecular flexibility index (Phi) is 2.23. The topological polar surface area (TPSA) is 12.0 Å². The van der Waals surface area contributed by atoms with E-state index in [-0.39, 0.29) is 0 Å². The lowest BCUT2D eigenvalue weighted by Gasteiger charge is -2.10. The molecule has 1 atom stereocenters. The molecule has 1 aromatic carbocycles. The van der Waals surface area contributed by atoms with Crippen LogP contribution in [-0.2, 0) is 0 Å². The van der Waals surface area contributed by atoms with Crippen molar-refractivity contribution in [1.82, 2.24) is 0 Å². The molecule has 1 aliphatic rings. The number of halogens is 1. The molecule has 14 heavy (non-hydrogen) atoms. The van der Waals surface area contributed by atoms with Gasteiger partial charge in [-0.1, -0.05) is 31.5 Å². The van der Waals surface area contributed by atoms with Crippen LogP contribution in [0.25, 0.3) is 0 Å². The smallest absolute Gasteiger partial charge is 0.0426 e. The molecule has 0 radical (unpaired) electrons. The molecule has 0 saturated heterocycles. The summed E-state index contributed by atoms with van der Waals surface area (Å²) in [5.74, 6) is 0.696. The van der Waals surface area contributed by atoms with Crippen molar-refractivity contribution in [3.63, 3.8) is 0 Å². The summed E-state index contributed by atoms with van der Waals surface area (Å²) in [5, 5.41) is 4.01. The highest BCUT2D eigenvalue weighted by Crippen LogP contribution is 2.60. The van der Waals surface area contributed by atoms with Gasteiger partial charge in [0.2, 0.25) is 0 Å². The van der Waals surface area contributed by atoms with Crippen molar-refractivity contribution < 1.29 is 0 Å². The van der Waals surface area contributed by atoms with Gasteiger partial charge in [0.05, 0.1) is 0 Å². The van der Waals surface area contributed by atoms with Crippen molar-refractivity contribution >= 4 is 17.3 Å². The normalized spacial score (nSPS) is 23.3. The van der Waals surface area contributed by atoms with Crippen LogP contribution in [0.15, 0.2) is 18.2 Å². The maximum absolute atomic E-state index is 5.95. The van der Waals surface area contributed by atoms with Gasteiger partial charge in [-0.2, -0.15) is 0 Å². The third kappa shape index (κ3) is 1.61. The first-order chi connectivity index (χ1) is 6.54. The first-order valence-corrected chi connectivity index (χ1v) is 5.39. The minimum absolute atomic E-state index is 0.472. The largest absolute Gasteiger partial charge is 0.388 e. The second-order valence-corrected chi connectivity index (χ2v) is 5.16. The lowest BCUT2D eigenvalue weighted by Crippen LogP contribution is -1.97. The first kappa shape index (κ1) is 9.85. The van der Waals surface area contributed by atoms with E-state index in [9.17, 15) is 0 Å². The van der Waals surface area contributed by atoms with Gasteiger partial charge in [-0.25, -0.2) is 0 Å². The second kappa shape index (κ2) is 3.16. The fraction of sp³-hybridized carbons (Fsp3) is 0.500. The highest BCUT2D eigenvalue weighted by molar-refractivity contribution is 6.30. The number of benzene rings is 1. The summed E-state index contributed by atoms with van der Waals surface area (Å²) in [6.45, 7) is 4.62. The van der Waals surface area contributed by atoms with E-state index in [1.165, 1.54) is 17.7 Å². The molecule has 0 bridgehead atoms. The van der Waals surface area contributed by atoms with Crippen molar-refractivity contribution in [2.24, 2.45) is 5.41 Å². The zero-order valence-corrected chi connectivity index (χ0v) is 9.65. The molecule has 1 fully saturated rings. The van der Waals surface area contributed by atoms with Crippen LogP contribution in [0.3, 0.4) is 0 Å². The molecule has 0 spiro atoms. The molecule has 1 unspecified atom stereocenters. The van der Waals surface area contributed by atoms with E-state index in [0.29, 0.717) is 11.3 Å². The minimum Gasteiger partial charge on any atom is -0.388 e. The zero-order valence-electron chi connectivity index (χ0n) is 8.89. The molecule has 1 aliphatic carbocycles. The van der Waals surface area contributed by atoms with E-state index in [1.807, 2.05) is 19.2 Å². The van der Waals surface area contributed by atoms with Crippen LogP contribution in [0.1, 0.15) is 31.7 Å². The van der Waals surface area contributed by atoms with Gasteiger partial charge in [-0.15, -0.1) is 0 Å². The molecule has 1 nitrogen and oxygen atoms in total. The molecule has 2 rings (SSSR count). The number of rotatable bonds is 2. The van der Waals surface area contributed by atoms with Crippen molar-refractivity contribution in [2.75, 3.05) is 12.4 Å². The van der Waals surface area contributed by atoms with Crippen molar-refractivity contribution in [2.45, 2.75) is 26.2 Å². The van der Waals surface area contributed by atoms with Crippen LogP contribution < -0.4 is 5.32 Å². The summed E-state index contributed by atoms with van der Waals surface area (Å²) < 4.78 is 0. The summed E-state index contributed by atoms with van der Waals surface area (Å²) >= 11 is 5.95. The van der Waals surface area contributed by atoms with Gasteiger partial charge in [0.15, 0.2) is 0 Å². The Balaban J connectivity index is 2.35. The molecule has 0 aromatic heterocycles. The van der Waals surface area contributed by atoms with Crippen LogP contribution in [-0.4, -0.2) is 7.05 Å². The molecule has 2 heteroatoms. The highest BCUT2D eigenvalue weighted by Gasteiger charge is 2.47. The van der Waals surface area contributed by atoms with Crippen molar-refractivity contribution in [3.05, 3.63) is 28.8 Å². The first-order valence-electron chi connectivity index (χ1n) is 5.02. The molecular formula is C12H16ClN. The van der Waals surface area contributed by atoms with Gasteiger partial charge in [-0.3, -0.25) is 0 Å². The fourth-order valence-electron chi connectivity index (χ4n) is 2.05. The summed E-state index contributed by atoms with van der Waals surface area (Å²) in [6.07, 6.45) is 1.28. The number of nitrogens with one attached hydrogen (secondary N) is 1. The molecule has 1 N–H and O–H groups in total. The van der Waals surface area contributed by atoms with Crippen LogP contribution in [0.2, 0.25) is 5.02 Å². The van der Waals surface area contributed by atoms with E-state index < -0.39 is 0 Å². The molecule has 76 valence electrons. The standard InChI is InChI=1S/C12H16ClN/c1-12(2)7-10(12)9-5-4-8(13)6-11(9)14-3/h4-6,10,14H,7H2,1-3H3. The van der Waals surface area contributed by atoms with Gasteiger partial charge in [0.1, 0.15) is 0 Å². The van der Waals surface area contributed by atoms with E-state index in [4.69, 9.17) is 11.6 Å². The second-order valence-electron chi connectivity index (χ2n) is 4.73. The molecule has 0 amide bonds. The number of anilines is 1. The Labute approximate surface area is 90.5 Å². The average Bonchev–Trinajstić information content (AvgIpc) is 2.74. The quantitative estimate of drug-likeness (QED) is 0.779. The molecule has 0 aliphatic heterocycles. The van der Waals surface area contributed by atoms with E-state index in [1.54, 1.807) is 0 Å². The highest BCUT2D eigenvalue weighted by atomic mass is 35.5. The van der Waals surface area contributed by atoms with Crippen molar-refractivity contribution in [3.8, 4) is 0 Å². The van der Waals surface area contributed by atoms with Crippen LogP contribution in [0.4, 0.5) is 5.69 Å². The number of hydrogen-bond acceptors (Lipinski definition) is 1. The third-order valence-corrected chi connectivity index (χ3v) is 3.41. The maximum Gasteiger partial charge on any atom is 0.0426 e. The predicted molar refractivity (Wildman–Crippen MR) is 62.1 cm³/mol. The lowest BCUT2D eigenvalue weighted by molar-refractivity contribution is 0.622. The van der Waals surface area contributed by atoms with Gasteiger partial charge < -0.3 is 5.32 Å². The monoisotopic (exact) mass is 209 g/mol. The average molecular weight is 210 g/mol. The Morgan fingerprint density at radius 1 is 1.43 bits per heavy atom. The SMILES string of the molecule is CNc1cc(Cl)ccc1C1CC1(C)C. The van der Waals surface area contributed by atoms with Gasteiger partial charge >= 0.3 is 0 Å². The summed E-state index contributed by atoms with van der Waals surface area (Å²) in [7, 11) is 1.95. The van der Waals surface area contributed by atoms with Gasteiger partial charge in [0, 0.05) is 17.8 Å². The van der Waals surface area contributed by atoms with Crippen LogP contribution in [0, 0.1) is 5.41 Å². The summed E-state index contributed by atoms with van der Waals surface area (Å²) in [4.78, 5) is 0. The molecular weight excluding hydrogens is 194 g/mol. The van der Waals surface area contributed by atoms with Crippen molar-refractivity contribution in [1.29, 1.82) is 0 Å². The third-order valence-electron chi connectivity index (χ3n) is 3.17. The zero-order chi connectivity index (χ0) is 10.3. The Bertz CT molecular complexity index is 357. The van der Waals surface area contributed by atoms with Gasteiger partial charge in [0.25, 0.3) is 0 Å². The van der Waals surface area contributed by atoms with Crippen LogP contribution in [0.5, 0.6) is 0 Å². The molecule has 1 saturated carbocycles. The molecule has 0 heterocycles. The summed E-state index contributed by atoms with van der Waals surface area (Å²) in [6, 6.07) is 6.13. The minimum atomic E-state index is 0.472. The Morgan fingerprint density at radius 3 is 2.57 bits per heavy atom. The van der Waals surface area contributed by atoms with Gasteiger partial charge in [-0.05, 0) is 35.4 Å². The Hall–Kier alpha value is -0.690. The number of hydrogen-bond donors (Lipinski definition) is 1. The lowest BCUT2D eigenvalue weighted by atomic mass is 10.0. The summed E-state index contributed by atoms with van der Waals surface area (Å²) in [5.41, 5.74) is 3.05.